The van der Waals surface area contributed by atoms with Gasteiger partial charge in [0.15, 0.2) is 5.88 Å². The summed E-state index contributed by atoms with van der Waals surface area (Å²) in [5, 5.41) is 8.29. The lowest BCUT2D eigenvalue weighted by atomic mass is 10.2. The van der Waals surface area contributed by atoms with E-state index in [-0.39, 0.29) is 0 Å². The summed E-state index contributed by atoms with van der Waals surface area (Å²) in [4.78, 5) is 4.48. The second-order valence-corrected chi connectivity index (χ2v) is 8.42. The molecule has 26 heavy (non-hydrogen) atoms. The number of rotatable bonds is 6. The fourth-order valence-electron chi connectivity index (χ4n) is 2.61. The first kappa shape index (κ1) is 19.2. The van der Waals surface area contributed by atoms with E-state index >= 15 is 0 Å². The van der Waals surface area contributed by atoms with Crippen LogP contribution >= 0.6 is 35.0 Å². The Bertz CT molecular complexity index is 825. The maximum absolute atomic E-state index is 6.11. The topological polar surface area (TPSA) is 41.1 Å². The molecule has 0 fully saturated rings. The molecule has 0 saturated carbocycles. The molecule has 1 aliphatic heterocycles. The minimum absolute atomic E-state index is 0.318. The van der Waals surface area contributed by atoms with E-state index in [9.17, 15) is 0 Å². The molecule has 1 aromatic heterocycles. The van der Waals surface area contributed by atoms with Crippen molar-refractivity contribution < 1.29 is 4.74 Å². The van der Waals surface area contributed by atoms with Gasteiger partial charge in [0.25, 0.3) is 0 Å². The quantitative estimate of drug-likeness (QED) is 0.655. The standard InChI is InChI=1S/C19H21Cl2N3OS/c1-12(2)24-10-17(26-18-7-15(20)6-16(21)8-18)4-5-19(24)25-11-14-9-22-23-13(14)3/h4-9,12H,10-11H2,1-3H3,(H,22,23). The summed E-state index contributed by atoms with van der Waals surface area (Å²) in [7, 11) is 0. The van der Waals surface area contributed by atoms with Gasteiger partial charge in [-0.25, -0.2) is 0 Å². The van der Waals surface area contributed by atoms with Gasteiger partial charge < -0.3 is 9.64 Å². The monoisotopic (exact) mass is 409 g/mol. The fourth-order valence-corrected chi connectivity index (χ4v) is 4.28. The Morgan fingerprint density at radius 3 is 2.58 bits per heavy atom. The van der Waals surface area contributed by atoms with Gasteiger partial charge in [-0.2, -0.15) is 5.10 Å². The van der Waals surface area contributed by atoms with E-state index in [1.165, 1.54) is 4.91 Å². The third kappa shape index (κ3) is 4.78. The summed E-state index contributed by atoms with van der Waals surface area (Å²) in [6, 6.07) is 5.91. The average molecular weight is 410 g/mol. The molecule has 1 aromatic carbocycles. The summed E-state index contributed by atoms with van der Waals surface area (Å²) >= 11 is 13.9. The van der Waals surface area contributed by atoms with Crippen LogP contribution in [0, 0.1) is 6.92 Å². The summed E-state index contributed by atoms with van der Waals surface area (Å²) in [5.41, 5.74) is 2.02. The van der Waals surface area contributed by atoms with E-state index in [0.29, 0.717) is 22.7 Å². The van der Waals surface area contributed by atoms with Crippen molar-refractivity contribution in [3.8, 4) is 0 Å². The van der Waals surface area contributed by atoms with Crippen LogP contribution in [-0.4, -0.2) is 27.7 Å². The van der Waals surface area contributed by atoms with Crippen molar-refractivity contribution in [2.24, 2.45) is 0 Å². The number of aryl methyl sites for hydroxylation is 1. The molecule has 2 heterocycles. The molecule has 3 rings (SSSR count). The predicted molar refractivity (Wildman–Crippen MR) is 108 cm³/mol. The Morgan fingerprint density at radius 1 is 1.23 bits per heavy atom. The molecule has 0 bridgehead atoms. The van der Waals surface area contributed by atoms with E-state index in [4.69, 9.17) is 27.9 Å². The number of halogens is 2. The molecule has 1 N–H and O–H groups in total. The SMILES string of the molecule is Cc1n[nH]cc1COC1=CC=C(Sc2cc(Cl)cc(Cl)c2)CN1C(C)C. The van der Waals surface area contributed by atoms with E-state index < -0.39 is 0 Å². The number of allylic oxidation sites excluding steroid dienone is 2. The Balaban J connectivity index is 1.73. The Hall–Kier alpha value is -1.56. The van der Waals surface area contributed by atoms with Gasteiger partial charge in [-0.1, -0.05) is 35.0 Å². The summed E-state index contributed by atoms with van der Waals surface area (Å²) in [5.74, 6) is 0.870. The van der Waals surface area contributed by atoms with Crippen molar-refractivity contribution in [3.63, 3.8) is 0 Å². The first-order valence-corrected chi connectivity index (χ1v) is 9.93. The average Bonchev–Trinajstić information content (AvgIpc) is 2.97. The summed E-state index contributed by atoms with van der Waals surface area (Å²) in [6.45, 7) is 7.56. The molecule has 138 valence electrons. The molecule has 0 saturated heterocycles. The largest absolute Gasteiger partial charge is 0.474 e. The first-order chi connectivity index (χ1) is 12.4. The molecule has 1 aliphatic rings. The van der Waals surface area contributed by atoms with Crippen molar-refractivity contribution in [2.75, 3.05) is 6.54 Å². The second kappa shape index (κ2) is 8.42. The van der Waals surface area contributed by atoms with E-state index in [1.807, 2.05) is 31.3 Å². The second-order valence-electron chi connectivity index (χ2n) is 6.35. The molecule has 2 aromatic rings. The highest BCUT2D eigenvalue weighted by Crippen LogP contribution is 2.34. The lowest BCUT2D eigenvalue weighted by Gasteiger charge is -2.33. The molecule has 7 heteroatoms. The molecular weight excluding hydrogens is 389 g/mol. The number of H-pyrrole nitrogens is 1. The van der Waals surface area contributed by atoms with Crippen LogP contribution in [-0.2, 0) is 11.3 Å². The van der Waals surface area contributed by atoms with Crippen LogP contribution in [0.15, 0.2) is 52.2 Å². The van der Waals surface area contributed by atoms with Crippen molar-refractivity contribution >= 4 is 35.0 Å². The maximum atomic E-state index is 6.11. The molecule has 0 aliphatic carbocycles. The zero-order valence-electron chi connectivity index (χ0n) is 14.9. The lowest BCUT2D eigenvalue weighted by Crippen LogP contribution is -2.34. The van der Waals surface area contributed by atoms with Gasteiger partial charge in [0.05, 0.1) is 12.2 Å². The number of ether oxygens (including phenoxy) is 1. The predicted octanol–water partition coefficient (Wildman–Crippen LogP) is 5.78. The normalized spacial score (nSPS) is 14.5. The molecule has 0 amide bonds. The highest BCUT2D eigenvalue weighted by Gasteiger charge is 2.20. The smallest absolute Gasteiger partial charge is 0.190 e. The Labute approximate surface area is 168 Å². The number of nitrogens with one attached hydrogen (secondary N) is 1. The molecule has 0 atom stereocenters. The molecule has 0 unspecified atom stereocenters. The number of aromatic amines is 1. The molecule has 0 spiro atoms. The van der Waals surface area contributed by atoms with Gasteiger partial charge >= 0.3 is 0 Å². The summed E-state index contributed by atoms with van der Waals surface area (Å²) < 4.78 is 6.05. The number of nitrogens with zero attached hydrogens (tertiary/aromatic N) is 2. The highest BCUT2D eigenvalue weighted by molar-refractivity contribution is 8.03. The van der Waals surface area contributed by atoms with Crippen molar-refractivity contribution in [3.05, 3.63) is 68.6 Å². The number of thioether (sulfide) groups is 1. The maximum Gasteiger partial charge on any atom is 0.190 e. The number of aromatic nitrogens is 2. The zero-order chi connectivity index (χ0) is 18.7. The van der Waals surface area contributed by atoms with Crippen LogP contribution in [0.5, 0.6) is 0 Å². The third-order valence-corrected chi connectivity index (χ3v) is 5.48. The van der Waals surface area contributed by atoms with Crippen LogP contribution in [0.1, 0.15) is 25.1 Å². The fraction of sp³-hybridized carbons (Fsp3) is 0.316. The van der Waals surface area contributed by atoms with Crippen molar-refractivity contribution in [2.45, 2.75) is 38.3 Å². The third-order valence-electron chi connectivity index (χ3n) is 4.04. The Kier molecular flexibility index (Phi) is 6.22. The number of hydrogen-bond donors (Lipinski definition) is 1. The lowest BCUT2D eigenvalue weighted by molar-refractivity contribution is 0.0893. The van der Waals surface area contributed by atoms with Gasteiger partial charge in [0.1, 0.15) is 6.61 Å². The van der Waals surface area contributed by atoms with Gasteiger partial charge in [-0.05, 0) is 51.1 Å². The first-order valence-electron chi connectivity index (χ1n) is 8.36. The van der Waals surface area contributed by atoms with Gasteiger partial charge in [0, 0.05) is 37.6 Å². The van der Waals surface area contributed by atoms with Crippen molar-refractivity contribution in [1.82, 2.24) is 15.1 Å². The van der Waals surface area contributed by atoms with Crippen LogP contribution in [0.25, 0.3) is 0 Å². The number of benzene rings is 1. The zero-order valence-corrected chi connectivity index (χ0v) is 17.3. The number of hydrogen-bond acceptors (Lipinski definition) is 4. The van der Waals surface area contributed by atoms with Crippen molar-refractivity contribution in [1.29, 1.82) is 0 Å². The Morgan fingerprint density at radius 2 is 1.96 bits per heavy atom. The van der Waals surface area contributed by atoms with E-state index in [1.54, 1.807) is 17.8 Å². The van der Waals surface area contributed by atoms with Crippen LogP contribution in [0.3, 0.4) is 0 Å². The molecule has 0 radical (unpaired) electrons. The van der Waals surface area contributed by atoms with Gasteiger partial charge in [0.2, 0.25) is 0 Å². The molecular formula is C19H21Cl2N3OS. The van der Waals surface area contributed by atoms with E-state index in [2.05, 4.69) is 35.0 Å². The highest BCUT2D eigenvalue weighted by atomic mass is 35.5. The van der Waals surface area contributed by atoms with E-state index in [0.717, 1.165) is 28.6 Å². The summed E-state index contributed by atoms with van der Waals surface area (Å²) in [6.07, 6.45) is 5.99. The minimum atomic E-state index is 0.318. The van der Waals surface area contributed by atoms with Gasteiger partial charge in [-0.15, -0.1) is 0 Å². The van der Waals surface area contributed by atoms with Crippen LogP contribution < -0.4 is 0 Å². The van der Waals surface area contributed by atoms with Crippen LogP contribution in [0.2, 0.25) is 10.0 Å². The van der Waals surface area contributed by atoms with Crippen LogP contribution in [0.4, 0.5) is 0 Å². The minimum Gasteiger partial charge on any atom is -0.474 e. The molecule has 4 nitrogen and oxygen atoms in total. The van der Waals surface area contributed by atoms with Gasteiger partial charge in [-0.3, -0.25) is 5.10 Å².